The minimum Gasteiger partial charge on any atom is -0.462 e. The molecule has 0 saturated carbocycles. The first-order chi connectivity index (χ1) is 17.2. The largest absolute Gasteiger partial charge is 0.462 e. The van der Waals surface area contributed by atoms with Gasteiger partial charge in [-0.15, -0.1) is 0 Å². The van der Waals surface area contributed by atoms with Crippen molar-refractivity contribution in [2.24, 2.45) is 5.73 Å². The van der Waals surface area contributed by atoms with Gasteiger partial charge in [0.2, 0.25) is 5.91 Å². The van der Waals surface area contributed by atoms with Gasteiger partial charge >= 0.3 is 12.1 Å². The van der Waals surface area contributed by atoms with Gasteiger partial charge in [-0.2, -0.15) is 13.2 Å². The molecule has 1 heterocycles. The van der Waals surface area contributed by atoms with Crippen LogP contribution < -0.4 is 5.73 Å². The smallest absolute Gasteiger partial charge is 0.417 e. The summed E-state index contributed by atoms with van der Waals surface area (Å²) in [6.07, 6.45) is -3.96. The Hall–Kier alpha value is -4.14. The van der Waals surface area contributed by atoms with Crippen molar-refractivity contribution in [3.8, 4) is 0 Å². The number of hydrogen-bond donors (Lipinski definition) is 1. The maximum absolute atomic E-state index is 13.5. The Morgan fingerprint density at radius 3 is 2.36 bits per heavy atom. The normalized spacial score (nSPS) is 15.2. The molecule has 186 valence electrons. The Morgan fingerprint density at radius 2 is 1.67 bits per heavy atom. The highest BCUT2D eigenvalue weighted by atomic mass is 19.4. The molecule has 0 aliphatic carbocycles. The topological polar surface area (TPSA) is 89.7 Å². The molecule has 1 atom stereocenters. The number of alkyl halides is 3. The van der Waals surface area contributed by atoms with E-state index in [0.29, 0.717) is 17.5 Å². The maximum Gasteiger partial charge on any atom is 0.417 e. The van der Waals surface area contributed by atoms with Gasteiger partial charge in [-0.25, -0.2) is 4.79 Å². The van der Waals surface area contributed by atoms with Crippen LogP contribution in [0.5, 0.6) is 0 Å². The molecule has 2 N–H and O–H groups in total. The molecular formula is C27H23F3N2O4. The second-order valence-corrected chi connectivity index (χ2v) is 8.38. The third kappa shape index (κ3) is 5.25. The minimum atomic E-state index is -4.74. The highest BCUT2D eigenvalue weighted by Gasteiger charge is 2.40. The fourth-order valence-electron chi connectivity index (χ4n) is 4.34. The lowest BCUT2D eigenvalue weighted by atomic mass is 9.89. The van der Waals surface area contributed by atoms with Crippen molar-refractivity contribution in [2.45, 2.75) is 25.1 Å². The van der Waals surface area contributed by atoms with Gasteiger partial charge in [0.25, 0.3) is 5.91 Å². The van der Waals surface area contributed by atoms with E-state index in [1.165, 1.54) is 24.3 Å². The van der Waals surface area contributed by atoms with Crippen molar-refractivity contribution in [2.75, 3.05) is 13.2 Å². The first-order valence-corrected chi connectivity index (χ1v) is 11.3. The van der Waals surface area contributed by atoms with Crippen molar-refractivity contribution in [3.63, 3.8) is 0 Å². The van der Waals surface area contributed by atoms with E-state index in [0.717, 1.165) is 22.6 Å². The Morgan fingerprint density at radius 1 is 0.972 bits per heavy atom. The third-order valence-electron chi connectivity index (χ3n) is 6.07. The molecule has 0 saturated heterocycles. The molecule has 3 aromatic carbocycles. The first kappa shape index (κ1) is 25.0. The van der Waals surface area contributed by atoms with Gasteiger partial charge < -0.3 is 15.4 Å². The third-order valence-corrected chi connectivity index (χ3v) is 6.07. The zero-order chi connectivity index (χ0) is 25.9. The zero-order valence-electron chi connectivity index (χ0n) is 19.1. The lowest BCUT2D eigenvalue weighted by Crippen LogP contribution is -2.46. The number of rotatable bonds is 6. The molecule has 1 aliphatic rings. The van der Waals surface area contributed by atoms with Crippen molar-refractivity contribution in [1.82, 2.24) is 4.90 Å². The quantitative estimate of drug-likeness (QED) is 0.515. The second-order valence-electron chi connectivity index (χ2n) is 8.38. The average Bonchev–Trinajstić information content (AvgIpc) is 2.87. The van der Waals surface area contributed by atoms with Gasteiger partial charge in [0.05, 0.1) is 23.3 Å². The number of halogens is 3. The summed E-state index contributed by atoms with van der Waals surface area (Å²) in [6, 6.07) is 17.2. The van der Waals surface area contributed by atoms with Gasteiger partial charge in [-0.3, -0.25) is 9.59 Å². The Kier molecular flexibility index (Phi) is 7.10. The number of hydrogen-bond acceptors (Lipinski definition) is 4. The number of amides is 2. The standard InChI is InChI=1S/C27H23F3N2O4/c28-27(29,30)22-9-5-4-8-21(22)25(34)32-14-12-18-16-19(10-11-20(18)23(32)24(31)33)26(35)36-15-13-17-6-2-1-3-7-17/h1-11,16,23H,12-15H2,(H2,31,33). The van der Waals surface area contributed by atoms with E-state index in [-0.39, 0.29) is 25.1 Å². The van der Waals surface area contributed by atoms with Crippen LogP contribution in [0.15, 0.2) is 72.8 Å². The van der Waals surface area contributed by atoms with Crippen LogP contribution in [-0.2, 0) is 28.5 Å². The Bertz CT molecular complexity index is 1290. The summed E-state index contributed by atoms with van der Waals surface area (Å²) in [6.45, 7) is 0.142. The number of primary amides is 1. The van der Waals surface area contributed by atoms with Gasteiger partial charge in [0, 0.05) is 13.0 Å². The van der Waals surface area contributed by atoms with Gasteiger partial charge in [-0.1, -0.05) is 48.5 Å². The highest BCUT2D eigenvalue weighted by molar-refractivity contribution is 5.99. The number of ether oxygens (including phenoxy) is 1. The molecule has 0 fully saturated rings. The number of nitrogens with zero attached hydrogens (tertiary/aromatic N) is 1. The fourth-order valence-corrected chi connectivity index (χ4v) is 4.34. The van der Waals surface area contributed by atoms with Crippen molar-refractivity contribution >= 4 is 17.8 Å². The number of nitrogens with two attached hydrogens (primary N) is 1. The predicted molar refractivity (Wildman–Crippen MR) is 125 cm³/mol. The predicted octanol–water partition coefficient (Wildman–Crippen LogP) is 4.33. The van der Waals surface area contributed by atoms with Crippen molar-refractivity contribution in [1.29, 1.82) is 0 Å². The van der Waals surface area contributed by atoms with E-state index in [2.05, 4.69) is 0 Å². The first-order valence-electron chi connectivity index (χ1n) is 11.3. The van der Waals surface area contributed by atoms with Crippen LogP contribution >= 0.6 is 0 Å². The molecular weight excluding hydrogens is 473 g/mol. The van der Waals surface area contributed by atoms with Crippen LogP contribution in [0, 0.1) is 0 Å². The molecule has 0 bridgehead atoms. The minimum absolute atomic E-state index is 0.0435. The molecule has 1 unspecified atom stereocenters. The molecule has 0 spiro atoms. The molecule has 0 radical (unpaired) electrons. The SMILES string of the molecule is NC(=O)C1c2ccc(C(=O)OCCc3ccccc3)cc2CCN1C(=O)c1ccccc1C(F)(F)F. The molecule has 0 aromatic heterocycles. The van der Waals surface area contributed by atoms with Crippen LogP contribution in [0.3, 0.4) is 0 Å². The van der Waals surface area contributed by atoms with Crippen LogP contribution in [0.4, 0.5) is 13.2 Å². The van der Waals surface area contributed by atoms with Crippen molar-refractivity contribution in [3.05, 3.63) is 106 Å². The molecule has 2 amide bonds. The summed E-state index contributed by atoms with van der Waals surface area (Å²) < 4.78 is 45.8. The number of fused-ring (bicyclic) bond motifs is 1. The lowest BCUT2D eigenvalue weighted by Gasteiger charge is -2.36. The lowest BCUT2D eigenvalue weighted by molar-refractivity contribution is -0.138. The summed E-state index contributed by atoms with van der Waals surface area (Å²) in [5.74, 6) is -2.37. The molecule has 1 aliphatic heterocycles. The highest BCUT2D eigenvalue weighted by Crippen LogP contribution is 2.36. The fraction of sp³-hybridized carbons (Fsp3) is 0.222. The van der Waals surface area contributed by atoms with E-state index in [9.17, 15) is 27.6 Å². The number of carbonyl (C=O) groups excluding carboxylic acids is 3. The van der Waals surface area contributed by atoms with Crippen LogP contribution in [0.1, 0.15) is 49.0 Å². The summed E-state index contributed by atoms with van der Waals surface area (Å²) in [4.78, 5) is 39.1. The summed E-state index contributed by atoms with van der Waals surface area (Å²) in [7, 11) is 0. The number of carbonyl (C=O) groups is 3. The summed E-state index contributed by atoms with van der Waals surface area (Å²) in [5.41, 5.74) is 6.21. The monoisotopic (exact) mass is 496 g/mol. The zero-order valence-corrected chi connectivity index (χ0v) is 19.1. The molecule has 4 rings (SSSR count). The van der Waals surface area contributed by atoms with Crippen molar-refractivity contribution < 1.29 is 32.3 Å². The number of esters is 1. The summed E-state index contributed by atoms with van der Waals surface area (Å²) in [5, 5.41) is 0. The number of benzene rings is 3. The second kappa shape index (κ2) is 10.2. The van der Waals surface area contributed by atoms with Gasteiger partial charge in [0.1, 0.15) is 6.04 Å². The van der Waals surface area contributed by atoms with E-state index in [1.807, 2.05) is 30.3 Å². The Labute approximate surface area is 205 Å². The van der Waals surface area contributed by atoms with Gasteiger partial charge in [0.15, 0.2) is 0 Å². The maximum atomic E-state index is 13.5. The van der Waals surface area contributed by atoms with Crippen LogP contribution in [0.2, 0.25) is 0 Å². The summed E-state index contributed by atoms with van der Waals surface area (Å²) >= 11 is 0. The van der Waals surface area contributed by atoms with E-state index in [4.69, 9.17) is 10.5 Å². The molecule has 9 heteroatoms. The molecule has 3 aromatic rings. The van der Waals surface area contributed by atoms with E-state index in [1.54, 1.807) is 6.07 Å². The van der Waals surface area contributed by atoms with E-state index < -0.39 is 41.1 Å². The Balaban J connectivity index is 1.54. The van der Waals surface area contributed by atoms with E-state index >= 15 is 0 Å². The van der Waals surface area contributed by atoms with Crippen LogP contribution in [-0.4, -0.2) is 35.8 Å². The van der Waals surface area contributed by atoms with Gasteiger partial charge in [-0.05, 0) is 47.4 Å². The molecule has 6 nitrogen and oxygen atoms in total. The average molecular weight is 496 g/mol. The van der Waals surface area contributed by atoms with Crippen LogP contribution in [0.25, 0.3) is 0 Å². The molecule has 36 heavy (non-hydrogen) atoms.